The van der Waals surface area contributed by atoms with Crippen molar-refractivity contribution in [3.05, 3.63) is 200 Å². The maximum atomic E-state index is 9.60. The van der Waals surface area contributed by atoms with E-state index in [-0.39, 0.29) is 37.6 Å². The van der Waals surface area contributed by atoms with Crippen LogP contribution in [0.15, 0.2) is 200 Å². The Kier molecular flexibility index (Phi) is 3.93. The molecule has 4 heteroatoms. The standard InChI is InChI=1S/C50H33N3S/c1-4-13-34(14-5-1)35-23-28-40(29-24-35)53(39-17-8-3-9-18-39)41-30-25-36(26-31-41)42-20-12-22-46-48(42)44-32-27-38(33-47(44)54-46)50-51-45-21-11-10-19-43(45)49(52-50)37-15-6-2-7-16-37/h1-33H/i1D,3D,4D,5D,8D,9D,12D,13D,14D,17D,18D,20D,22D,23D,24D,25D,26D,27D,28D,29D,30D,31D,32D,33D. The van der Waals surface area contributed by atoms with E-state index < -0.39 is 178 Å². The molecule has 254 valence electrons. The molecule has 0 aliphatic heterocycles. The van der Waals surface area contributed by atoms with Crippen molar-refractivity contribution < 1.29 is 32.9 Å². The molecule has 3 nitrogen and oxygen atoms in total. The van der Waals surface area contributed by atoms with Gasteiger partial charge in [-0.3, -0.25) is 0 Å². The van der Waals surface area contributed by atoms with Crippen molar-refractivity contribution in [2.24, 2.45) is 0 Å². The summed E-state index contributed by atoms with van der Waals surface area (Å²) >= 11 is 0.737. The summed E-state index contributed by atoms with van der Waals surface area (Å²) in [5, 5.41) is 0.172. The Balaban J connectivity index is 1.28. The van der Waals surface area contributed by atoms with Crippen LogP contribution < -0.4 is 4.90 Å². The van der Waals surface area contributed by atoms with Gasteiger partial charge in [-0.25, -0.2) is 9.97 Å². The average Bonchev–Trinajstić information content (AvgIpc) is 3.83. The third-order valence-corrected chi connectivity index (χ3v) is 9.35. The van der Waals surface area contributed by atoms with E-state index in [1.807, 2.05) is 36.4 Å². The average molecular weight is 732 g/mol. The Bertz CT molecular complexity index is 4220. The number of hydrogen-bond donors (Lipinski definition) is 0. The fourth-order valence-electron chi connectivity index (χ4n) is 5.90. The molecule has 0 fully saturated rings. The van der Waals surface area contributed by atoms with Gasteiger partial charge in [0.15, 0.2) is 5.82 Å². The van der Waals surface area contributed by atoms with E-state index in [0.717, 1.165) is 11.3 Å². The normalized spacial score (nSPS) is 17.6. The minimum absolute atomic E-state index is 0.0478. The Morgan fingerprint density at radius 2 is 1.07 bits per heavy atom. The third-order valence-electron chi connectivity index (χ3n) is 8.33. The van der Waals surface area contributed by atoms with E-state index in [2.05, 4.69) is 0 Å². The van der Waals surface area contributed by atoms with Crippen LogP contribution in [0.2, 0.25) is 0 Å². The van der Waals surface area contributed by atoms with Crippen molar-refractivity contribution in [3.63, 3.8) is 0 Å². The second-order valence-electron chi connectivity index (χ2n) is 11.5. The van der Waals surface area contributed by atoms with Crippen molar-refractivity contribution in [2.45, 2.75) is 0 Å². The molecule has 10 rings (SSSR count). The molecule has 0 amide bonds. The number of benzene rings is 8. The summed E-state index contributed by atoms with van der Waals surface area (Å²) < 4.78 is 216. The Morgan fingerprint density at radius 1 is 0.444 bits per heavy atom. The summed E-state index contributed by atoms with van der Waals surface area (Å²) in [7, 11) is 0. The first kappa shape index (κ1) is 15.6. The minimum atomic E-state index is -1.15. The molecule has 0 saturated heterocycles. The molecule has 0 atom stereocenters. The van der Waals surface area contributed by atoms with Gasteiger partial charge in [0.25, 0.3) is 0 Å². The number of thiophene rings is 1. The maximum absolute atomic E-state index is 9.60. The number of nitrogens with zero attached hydrogens (tertiary/aromatic N) is 3. The number of aromatic nitrogens is 2. The molecule has 0 unspecified atom stereocenters. The van der Waals surface area contributed by atoms with Gasteiger partial charge in [-0.15, -0.1) is 11.3 Å². The summed E-state index contributed by atoms with van der Waals surface area (Å²) in [5.41, 5.74) is -4.45. The lowest BCUT2D eigenvalue weighted by Gasteiger charge is -2.26. The molecule has 0 saturated carbocycles. The monoisotopic (exact) mass is 731 g/mol. The van der Waals surface area contributed by atoms with Gasteiger partial charge in [0.05, 0.1) is 44.1 Å². The van der Waals surface area contributed by atoms with Crippen LogP contribution in [0.5, 0.6) is 0 Å². The topological polar surface area (TPSA) is 29.0 Å². The maximum Gasteiger partial charge on any atom is 0.160 e. The summed E-state index contributed by atoms with van der Waals surface area (Å²) in [4.78, 5) is 9.92. The summed E-state index contributed by atoms with van der Waals surface area (Å²) in [6.45, 7) is 0. The first-order chi connectivity index (χ1) is 36.8. The van der Waals surface area contributed by atoms with E-state index in [4.69, 9.17) is 29.2 Å². The predicted octanol–water partition coefficient (Wildman–Crippen LogP) is 14.1. The molecule has 0 N–H and O–H groups in total. The van der Waals surface area contributed by atoms with Crippen LogP contribution in [0.4, 0.5) is 17.1 Å². The second kappa shape index (κ2) is 13.6. The Hall–Kier alpha value is -6.88. The lowest BCUT2D eigenvalue weighted by atomic mass is 9.98. The van der Waals surface area contributed by atoms with Crippen molar-refractivity contribution in [2.75, 3.05) is 4.90 Å². The van der Waals surface area contributed by atoms with Gasteiger partial charge in [-0.2, -0.15) is 0 Å². The molecule has 2 heterocycles. The number of para-hydroxylation sites is 2. The lowest BCUT2D eigenvalue weighted by Crippen LogP contribution is -2.09. The van der Waals surface area contributed by atoms with Crippen LogP contribution in [-0.4, -0.2) is 9.97 Å². The predicted molar refractivity (Wildman–Crippen MR) is 229 cm³/mol. The Labute approximate surface area is 351 Å². The lowest BCUT2D eigenvalue weighted by molar-refractivity contribution is 1.23. The van der Waals surface area contributed by atoms with Crippen LogP contribution in [0, 0.1) is 0 Å². The van der Waals surface area contributed by atoms with Gasteiger partial charge in [0.1, 0.15) is 0 Å². The van der Waals surface area contributed by atoms with E-state index in [1.54, 1.807) is 18.2 Å². The molecule has 0 aliphatic carbocycles. The molecule has 10 aromatic rings. The van der Waals surface area contributed by atoms with Crippen LogP contribution in [0.3, 0.4) is 0 Å². The zero-order valence-electron chi connectivity index (χ0n) is 51.4. The fourth-order valence-corrected chi connectivity index (χ4v) is 6.92. The second-order valence-corrected chi connectivity index (χ2v) is 12.6. The number of rotatable bonds is 7. The molecule has 0 spiro atoms. The molecular formula is C50H33N3S. The van der Waals surface area contributed by atoms with E-state index in [9.17, 15) is 13.7 Å². The molecule has 54 heavy (non-hydrogen) atoms. The summed E-state index contributed by atoms with van der Waals surface area (Å²) in [5.74, 6) is -0.0894. The number of fused-ring (bicyclic) bond motifs is 4. The van der Waals surface area contributed by atoms with Gasteiger partial charge in [-0.1, -0.05) is 145 Å². The number of anilines is 3. The van der Waals surface area contributed by atoms with Crippen molar-refractivity contribution >= 4 is 59.5 Å². The first-order valence-electron chi connectivity index (χ1n) is 28.2. The first-order valence-corrected chi connectivity index (χ1v) is 17.0. The zero-order chi connectivity index (χ0) is 56.7. The third kappa shape index (κ3) is 5.79. The highest BCUT2D eigenvalue weighted by Crippen LogP contribution is 2.43. The van der Waals surface area contributed by atoms with E-state index in [1.165, 1.54) is 0 Å². The van der Waals surface area contributed by atoms with Crippen LogP contribution in [-0.2, 0) is 0 Å². The quantitative estimate of drug-likeness (QED) is 0.163. The smallest absolute Gasteiger partial charge is 0.160 e. The molecule has 0 aliphatic rings. The fraction of sp³-hybridized carbons (Fsp3) is 0. The van der Waals surface area contributed by atoms with E-state index in [0.29, 0.717) is 27.1 Å². The molecule has 2 aromatic heterocycles. The van der Waals surface area contributed by atoms with Crippen LogP contribution >= 0.6 is 11.3 Å². The van der Waals surface area contributed by atoms with Gasteiger partial charge < -0.3 is 4.90 Å². The van der Waals surface area contributed by atoms with Gasteiger partial charge in [0, 0.05) is 53.7 Å². The van der Waals surface area contributed by atoms with E-state index >= 15 is 0 Å². The summed E-state index contributed by atoms with van der Waals surface area (Å²) in [6.07, 6.45) is 0. The minimum Gasteiger partial charge on any atom is -0.311 e. The molecule has 8 aromatic carbocycles. The van der Waals surface area contributed by atoms with Crippen LogP contribution in [0.1, 0.15) is 32.9 Å². The van der Waals surface area contributed by atoms with Crippen molar-refractivity contribution in [1.29, 1.82) is 0 Å². The molecule has 0 bridgehead atoms. The highest BCUT2D eigenvalue weighted by molar-refractivity contribution is 7.26. The highest BCUT2D eigenvalue weighted by atomic mass is 32.1. The highest BCUT2D eigenvalue weighted by Gasteiger charge is 2.17. The van der Waals surface area contributed by atoms with Gasteiger partial charge >= 0.3 is 0 Å². The molecular weight excluding hydrogens is 675 g/mol. The summed E-state index contributed by atoms with van der Waals surface area (Å²) in [6, 6.07) is -5.97. The van der Waals surface area contributed by atoms with Gasteiger partial charge in [-0.05, 0) is 76.7 Å². The van der Waals surface area contributed by atoms with Crippen LogP contribution in [0.25, 0.3) is 76.0 Å². The SMILES string of the molecule is [2H]c1c([2H])c([2H])c(-c2c([2H])c([2H])c(N(c3c([2H])c([2H])c([2H])c([2H])c3[2H])c3c([2H])c([2H])c(-c4c([2H])c([2H])c([2H])c5sc6c([2H])c(-c7nc(-c8ccccc8)c8ccccc8n7)c([2H])c([2H])c6c45)c([2H])c3[2H])c([2H])c2[2H])c([2H])c1[2H]. The zero-order valence-corrected chi connectivity index (χ0v) is 28.3. The van der Waals surface area contributed by atoms with Gasteiger partial charge in [0.2, 0.25) is 0 Å². The number of hydrogen-bond acceptors (Lipinski definition) is 4. The molecule has 0 radical (unpaired) electrons. The Morgan fingerprint density at radius 3 is 1.83 bits per heavy atom. The van der Waals surface area contributed by atoms with Crippen molar-refractivity contribution in [3.8, 4) is 44.9 Å². The largest absolute Gasteiger partial charge is 0.311 e. The van der Waals surface area contributed by atoms with Crippen molar-refractivity contribution in [1.82, 2.24) is 9.97 Å².